The second kappa shape index (κ2) is 6.78. The van der Waals surface area contributed by atoms with E-state index in [0.29, 0.717) is 36.3 Å². The van der Waals surface area contributed by atoms with Gasteiger partial charge in [0.1, 0.15) is 5.75 Å². The third-order valence-corrected chi connectivity index (χ3v) is 3.69. The van der Waals surface area contributed by atoms with Crippen molar-refractivity contribution in [3.05, 3.63) is 29.3 Å². The number of halogens is 1. The first kappa shape index (κ1) is 14.2. The van der Waals surface area contributed by atoms with Gasteiger partial charge in [0.2, 0.25) is 5.91 Å². The quantitative estimate of drug-likeness (QED) is 0.898. The average Bonchev–Trinajstić information content (AvgIpc) is 2.90. The highest BCUT2D eigenvalue weighted by molar-refractivity contribution is 6.32. The maximum atomic E-state index is 12.0. The first-order valence-corrected chi connectivity index (χ1v) is 6.93. The minimum atomic E-state index is 0.128. The summed E-state index contributed by atoms with van der Waals surface area (Å²) in [6.07, 6.45) is 1.39. The predicted octanol–water partition coefficient (Wildman–Crippen LogP) is 1.92. The maximum absolute atomic E-state index is 12.0. The van der Waals surface area contributed by atoms with Gasteiger partial charge in [0.25, 0.3) is 0 Å². The van der Waals surface area contributed by atoms with Gasteiger partial charge in [-0.3, -0.25) is 4.79 Å². The SMILES string of the molecule is NC[C@H]1CCN(C(=O)CCOc2ccccc2Cl)C1. The number of para-hydroxylation sites is 1. The van der Waals surface area contributed by atoms with Crippen LogP contribution < -0.4 is 10.5 Å². The molecular formula is C14H19ClN2O2. The molecule has 1 fully saturated rings. The lowest BCUT2D eigenvalue weighted by atomic mass is 10.1. The molecule has 1 aromatic rings. The fourth-order valence-corrected chi connectivity index (χ4v) is 2.41. The molecule has 1 aromatic carbocycles. The summed E-state index contributed by atoms with van der Waals surface area (Å²) in [6.45, 7) is 2.60. The Labute approximate surface area is 118 Å². The Hall–Kier alpha value is -1.26. The number of nitrogens with two attached hydrogens (primary N) is 1. The van der Waals surface area contributed by atoms with Crippen LogP contribution in [0.2, 0.25) is 5.02 Å². The van der Waals surface area contributed by atoms with E-state index in [1.165, 1.54) is 0 Å². The molecule has 104 valence electrons. The molecule has 2 N–H and O–H groups in total. The van der Waals surface area contributed by atoms with Crippen molar-refractivity contribution < 1.29 is 9.53 Å². The van der Waals surface area contributed by atoms with Crippen molar-refractivity contribution in [1.29, 1.82) is 0 Å². The van der Waals surface area contributed by atoms with E-state index in [0.717, 1.165) is 19.5 Å². The highest BCUT2D eigenvalue weighted by Gasteiger charge is 2.24. The van der Waals surface area contributed by atoms with E-state index < -0.39 is 0 Å². The minimum Gasteiger partial charge on any atom is -0.491 e. The van der Waals surface area contributed by atoms with Gasteiger partial charge in [0.15, 0.2) is 0 Å². The predicted molar refractivity (Wildman–Crippen MR) is 75.3 cm³/mol. The maximum Gasteiger partial charge on any atom is 0.226 e. The van der Waals surface area contributed by atoms with Crippen LogP contribution in [0.1, 0.15) is 12.8 Å². The van der Waals surface area contributed by atoms with Crippen LogP contribution >= 0.6 is 11.6 Å². The molecule has 1 aliphatic rings. The van der Waals surface area contributed by atoms with Crippen LogP contribution in [-0.4, -0.2) is 37.0 Å². The molecule has 19 heavy (non-hydrogen) atoms. The van der Waals surface area contributed by atoms with Crippen molar-refractivity contribution in [2.24, 2.45) is 11.7 Å². The monoisotopic (exact) mass is 282 g/mol. The zero-order valence-electron chi connectivity index (χ0n) is 10.8. The number of carbonyl (C=O) groups excluding carboxylic acids is 1. The lowest BCUT2D eigenvalue weighted by molar-refractivity contribution is -0.130. The van der Waals surface area contributed by atoms with Crippen molar-refractivity contribution in [3.8, 4) is 5.75 Å². The third kappa shape index (κ3) is 3.85. The third-order valence-electron chi connectivity index (χ3n) is 3.38. The van der Waals surface area contributed by atoms with E-state index in [1.54, 1.807) is 12.1 Å². The molecule has 0 bridgehead atoms. The summed E-state index contributed by atoms with van der Waals surface area (Å²) in [5, 5.41) is 0.569. The molecule has 0 radical (unpaired) electrons. The molecule has 0 unspecified atom stereocenters. The first-order chi connectivity index (χ1) is 9.20. The Morgan fingerprint density at radius 2 is 2.26 bits per heavy atom. The van der Waals surface area contributed by atoms with Crippen molar-refractivity contribution in [3.63, 3.8) is 0 Å². The summed E-state index contributed by atoms with van der Waals surface area (Å²) in [6, 6.07) is 7.27. The molecular weight excluding hydrogens is 264 g/mol. The van der Waals surface area contributed by atoms with Crippen molar-refractivity contribution in [1.82, 2.24) is 4.90 Å². The fourth-order valence-electron chi connectivity index (χ4n) is 2.22. The normalized spacial score (nSPS) is 18.6. The molecule has 1 heterocycles. The summed E-state index contributed by atoms with van der Waals surface area (Å²) >= 11 is 5.97. The Kier molecular flexibility index (Phi) is 5.05. The molecule has 0 aliphatic carbocycles. The van der Waals surface area contributed by atoms with Gasteiger partial charge >= 0.3 is 0 Å². The van der Waals surface area contributed by atoms with E-state index >= 15 is 0 Å². The minimum absolute atomic E-state index is 0.128. The van der Waals surface area contributed by atoms with Crippen LogP contribution in [0.4, 0.5) is 0 Å². The number of likely N-dealkylation sites (tertiary alicyclic amines) is 1. The first-order valence-electron chi connectivity index (χ1n) is 6.56. The van der Waals surface area contributed by atoms with Crippen LogP contribution in [0.15, 0.2) is 24.3 Å². The summed E-state index contributed by atoms with van der Waals surface area (Å²) in [7, 11) is 0. The molecule has 4 nitrogen and oxygen atoms in total. The summed E-state index contributed by atoms with van der Waals surface area (Å²) in [4.78, 5) is 13.8. The molecule has 2 rings (SSSR count). The van der Waals surface area contributed by atoms with Crippen molar-refractivity contribution in [2.45, 2.75) is 12.8 Å². The molecule has 0 aromatic heterocycles. The number of hydrogen-bond acceptors (Lipinski definition) is 3. The van der Waals surface area contributed by atoms with E-state index in [9.17, 15) is 4.79 Å². The second-order valence-corrected chi connectivity index (χ2v) is 5.17. The molecule has 5 heteroatoms. The smallest absolute Gasteiger partial charge is 0.226 e. The summed E-state index contributed by atoms with van der Waals surface area (Å²) in [5.41, 5.74) is 5.61. The summed E-state index contributed by atoms with van der Waals surface area (Å²) in [5.74, 6) is 1.20. The van der Waals surface area contributed by atoms with Gasteiger partial charge in [0, 0.05) is 13.1 Å². The zero-order chi connectivity index (χ0) is 13.7. The van der Waals surface area contributed by atoms with Crippen LogP contribution in [0.3, 0.4) is 0 Å². The van der Waals surface area contributed by atoms with Crippen LogP contribution in [0, 0.1) is 5.92 Å². The molecule has 1 aliphatic heterocycles. The number of nitrogens with zero attached hydrogens (tertiary/aromatic N) is 1. The lowest BCUT2D eigenvalue weighted by Gasteiger charge is -2.16. The fraction of sp³-hybridized carbons (Fsp3) is 0.500. The number of carbonyl (C=O) groups is 1. The van der Waals surface area contributed by atoms with Gasteiger partial charge in [-0.1, -0.05) is 23.7 Å². The topological polar surface area (TPSA) is 55.6 Å². The Bertz CT molecular complexity index is 439. The van der Waals surface area contributed by atoms with Crippen LogP contribution in [-0.2, 0) is 4.79 Å². The van der Waals surface area contributed by atoms with Gasteiger partial charge < -0.3 is 15.4 Å². The highest BCUT2D eigenvalue weighted by Crippen LogP contribution is 2.23. The Balaban J connectivity index is 1.74. The van der Waals surface area contributed by atoms with Crippen molar-refractivity contribution >= 4 is 17.5 Å². The summed E-state index contributed by atoms with van der Waals surface area (Å²) < 4.78 is 5.52. The average molecular weight is 283 g/mol. The van der Waals surface area contributed by atoms with Gasteiger partial charge in [0.05, 0.1) is 18.1 Å². The second-order valence-electron chi connectivity index (χ2n) is 4.76. The van der Waals surface area contributed by atoms with Crippen LogP contribution in [0.25, 0.3) is 0 Å². The van der Waals surface area contributed by atoms with E-state index in [4.69, 9.17) is 22.1 Å². The molecule has 1 amide bonds. The van der Waals surface area contributed by atoms with E-state index in [2.05, 4.69) is 0 Å². The van der Waals surface area contributed by atoms with Gasteiger partial charge in [-0.15, -0.1) is 0 Å². The number of amides is 1. The highest BCUT2D eigenvalue weighted by atomic mass is 35.5. The largest absolute Gasteiger partial charge is 0.491 e. The standard InChI is InChI=1S/C14H19ClN2O2/c15-12-3-1-2-4-13(12)19-8-6-14(18)17-7-5-11(9-16)10-17/h1-4,11H,5-10,16H2/t11-/m1/s1. The molecule has 1 saturated heterocycles. The zero-order valence-corrected chi connectivity index (χ0v) is 11.6. The number of hydrogen-bond donors (Lipinski definition) is 1. The molecule has 0 spiro atoms. The van der Waals surface area contributed by atoms with Crippen molar-refractivity contribution in [2.75, 3.05) is 26.2 Å². The Morgan fingerprint density at radius 1 is 1.47 bits per heavy atom. The number of benzene rings is 1. The number of ether oxygens (including phenoxy) is 1. The van der Waals surface area contributed by atoms with Gasteiger partial charge in [-0.2, -0.15) is 0 Å². The van der Waals surface area contributed by atoms with Gasteiger partial charge in [-0.25, -0.2) is 0 Å². The number of rotatable bonds is 5. The molecule has 0 saturated carbocycles. The van der Waals surface area contributed by atoms with Gasteiger partial charge in [-0.05, 0) is 31.0 Å². The van der Waals surface area contributed by atoms with E-state index in [1.807, 2.05) is 17.0 Å². The Morgan fingerprint density at radius 3 is 2.95 bits per heavy atom. The molecule has 1 atom stereocenters. The van der Waals surface area contributed by atoms with E-state index in [-0.39, 0.29) is 5.91 Å². The lowest BCUT2D eigenvalue weighted by Crippen LogP contribution is -2.30. The van der Waals surface area contributed by atoms with Crippen LogP contribution in [0.5, 0.6) is 5.75 Å².